The average molecular weight is 303 g/mol. The molecule has 2 N–H and O–H groups in total. The second-order valence-corrected chi connectivity index (χ2v) is 4.69. The summed E-state index contributed by atoms with van der Waals surface area (Å²) in [5, 5.41) is 11.3. The molecular formula is C13H16ClFN2O3. The molecule has 20 heavy (non-hydrogen) atoms. The molecule has 5 nitrogen and oxygen atoms in total. The van der Waals surface area contributed by atoms with E-state index in [1.807, 2.05) is 0 Å². The van der Waals surface area contributed by atoms with E-state index in [4.69, 9.17) is 16.7 Å². The first-order valence-corrected chi connectivity index (χ1v) is 6.43. The fourth-order valence-electron chi connectivity index (χ4n) is 1.56. The van der Waals surface area contributed by atoms with Crippen LogP contribution in [0.3, 0.4) is 0 Å². The molecule has 0 aromatic heterocycles. The van der Waals surface area contributed by atoms with Crippen LogP contribution in [-0.2, 0) is 11.3 Å². The highest BCUT2D eigenvalue weighted by atomic mass is 35.5. The third-order valence-corrected chi connectivity index (χ3v) is 3.00. The van der Waals surface area contributed by atoms with Gasteiger partial charge in [0.25, 0.3) is 0 Å². The number of benzene rings is 1. The third kappa shape index (κ3) is 5.05. The highest BCUT2D eigenvalue weighted by molar-refractivity contribution is 6.31. The number of aliphatic carboxylic acids is 1. The summed E-state index contributed by atoms with van der Waals surface area (Å²) in [6.45, 7) is 0.288. The van der Waals surface area contributed by atoms with E-state index in [0.29, 0.717) is 6.42 Å². The molecule has 0 saturated carbocycles. The van der Waals surface area contributed by atoms with E-state index in [2.05, 4.69) is 5.32 Å². The Kier molecular flexibility index (Phi) is 6.24. The predicted octanol–water partition coefficient (Wildman–Crippen LogP) is 2.49. The molecule has 0 aliphatic carbocycles. The van der Waals surface area contributed by atoms with Crippen LogP contribution >= 0.6 is 11.6 Å². The molecule has 0 bridgehead atoms. The number of nitrogens with one attached hydrogen (secondary N) is 1. The van der Waals surface area contributed by atoms with Gasteiger partial charge in [0.1, 0.15) is 5.82 Å². The largest absolute Gasteiger partial charge is 0.481 e. The standard InChI is InChI=1S/C13H16ClFN2O3/c1-17(13(20)16-7-3-6-12(18)19)8-9-10(14)4-2-5-11(9)15/h2,4-5H,3,6-8H2,1H3,(H,16,20)(H,18,19). The van der Waals surface area contributed by atoms with Crippen LogP contribution in [0.2, 0.25) is 5.02 Å². The molecule has 0 heterocycles. The maximum atomic E-state index is 13.6. The zero-order valence-corrected chi connectivity index (χ0v) is 11.8. The van der Waals surface area contributed by atoms with Crippen LogP contribution in [0.4, 0.5) is 9.18 Å². The van der Waals surface area contributed by atoms with Gasteiger partial charge in [0, 0.05) is 30.6 Å². The zero-order valence-electron chi connectivity index (χ0n) is 11.0. The summed E-state index contributed by atoms with van der Waals surface area (Å²) in [5.74, 6) is -1.38. The number of urea groups is 1. The minimum Gasteiger partial charge on any atom is -0.481 e. The average Bonchev–Trinajstić information content (AvgIpc) is 2.38. The topological polar surface area (TPSA) is 69.6 Å². The van der Waals surface area contributed by atoms with Crippen LogP contribution in [0, 0.1) is 5.82 Å². The first-order valence-electron chi connectivity index (χ1n) is 6.05. The molecule has 0 unspecified atom stereocenters. The number of carbonyl (C=O) groups excluding carboxylic acids is 1. The number of carboxylic acids is 1. The van der Waals surface area contributed by atoms with E-state index in [-0.39, 0.29) is 30.1 Å². The Labute approximate surface area is 121 Å². The van der Waals surface area contributed by atoms with Gasteiger partial charge in [0.15, 0.2) is 0 Å². The van der Waals surface area contributed by atoms with Gasteiger partial charge in [-0.05, 0) is 18.6 Å². The Morgan fingerprint density at radius 3 is 2.75 bits per heavy atom. The first-order chi connectivity index (χ1) is 9.41. The summed E-state index contributed by atoms with van der Waals surface area (Å²) in [6, 6.07) is 3.92. The Morgan fingerprint density at radius 2 is 2.15 bits per heavy atom. The summed E-state index contributed by atoms with van der Waals surface area (Å²) < 4.78 is 13.6. The highest BCUT2D eigenvalue weighted by Gasteiger charge is 2.13. The van der Waals surface area contributed by atoms with Gasteiger partial charge in [-0.2, -0.15) is 0 Å². The fraction of sp³-hybridized carbons (Fsp3) is 0.385. The lowest BCUT2D eigenvalue weighted by molar-refractivity contribution is -0.137. The van der Waals surface area contributed by atoms with Gasteiger partial charge in [0.2, 0.25) is 0 Å². The van der Waals surface area contributed by atoms with E-state index in [1.165, 1.54) is 24.1 Å². The van der Waals surface area contributed by atoms with Crippen molar-refractivity contribution in [3.63, 3.8) is 0 Å². The van der Waals surface area contributed by atoms with Crippen LogP contribution in [0.5, 0.6) is 0 Å². The molecule has 110 valence electrons. The number of amides is 2. The number of rotatable bonds is 6. The normalized spacial score (nSPS) is 10.2. The van der Waals surface area contributed by atoms with Crippen molar-refractivity contribution in [2.24, 2.45) is 0 Å². The number of hydrogen-bond acceptors (Lipinski definition) is 2. The smallest absolute Gasteiger partial charge is 0.317 e. The third-order valence-electron chi connectivity index (χ3n) is 2.65. The molecule has 2 amide bonds. The number of carbonyl (C=O) groups is 2. The molecule has 1 aromatic carbocycles. The van der Waals surface area contributed by atoms with Crippen LogP contribution in [-0.4, -0.2) is 35.6 Å². The van der Waals surface area contributed by atoms with Crippen molar-refractivity contribution in [2.75, 3.05) is 13.6 Å². The molecule has 0 radical (unpaired) electrons. The number of hydrogen-bond donors (Lipinski definition) is 2. The molecular weight excluding hydrogens is 287 g/mol. The van der Waals surface area contributed by atoms with Crippen LogP contribution in [0.15, 0.2) is 18.2 Å². The molecule has 1 aromatic rings. The number of carboxylic acid groups (broad SMARTS) is 1. The van der Waals surface area contributed by atoms with Gasteiger partial charge in [0.05, 0.1) is 6.54 Å². The quantitative estimate of drug-likeness (QED) is 0.793. The molecule has 1 rings (SSSR count). The summed E-state index contributed by atoms with van der Waals surface area (Å²) in [7, 11) is 1.51. The van der Waals surface area contributed by atoms with E-state index in [0.717, 1.165) is 0 Å². The molecule has 0 spiro atoms. The van der Waals surface area contributed by atoms with Gasteiger partial charge in [-0.25, -0.2) is 9.18 Å². The molecule has 0 aliphatic heterocycles. The zero-order chi connectivity index (χ0) is 15.1. The van der Waals surface area contributed by atoms with Gasteiger partial charge in [-0.3, -0.25) is 4.79 Å². The van der Waals surface area contributed by atoms with Crippen molar-refractivity contribution in [3.05, 3.63) is 34.6 Å². The lowest BCUT2D eigenvalue weighted by atomic mass is 10.2. The lowest BCUT2D eigenvalue weighted by Crippen LogP contribution is -2.37. The highest BCUT2D eigenvalue weighted by Crippen LogP contribution is 2.20. The minimum absolute atomic E-state index is 0.0108. The van der Waals surface area contributed by atoms with Gasteiger partial charge >= 0.3 is 12.0 Å². The summed E-state index contributed by atoms with van der Waals surface area (Å²) in [5.41, 5.74) is 0.248. The van der Waals surface area contributed by atoms with Crippen molar-refractivity contribution in [1.82, 2.24) is 10.2 Å². The van der Waals surface area contributed by atoms with Crippen LogP contribution in [0.25, 0.3) is 0 Å². The van der Waals surface area contributed by atoms with E-state index >= 15 is 0 Å². The van der Waals surface area contributed by atoms with Gasteiger partial charge in [-0.15, -0.1) is 0 Å². The Balaban J connectivity index is 2.47. The summed E-state index contributed by atoms with van der Waals surface area (Å²) in [6.07, 6.45) is 0.332. The van der Waals surface area contributed by atoms with Crippen molar-refractivity contribution in [3.8, 4) is 0 Å². The molecule has 0 aliphatic rings. The fourth-order valence-corrected chi connectivity index (χ4v) is 1.79. The van der Waals surface area contributed by atoms with Crippen LogP contribution in [0.1, 0.15) is 18.4 Å². The molecule has 7 heteroatoms. The molecule has 0 fully saturated rings. The SMILES string of the molecule is CN(Cc1c(F)cccc1Cl)C(=O)NCCCC(=O)O. The maximum absolute atomic E-state index is 13.6. The number of nitrogens with zero attached hydrogens (tertiary/aromatic N) is 1. The van der Waals surface area contributed by atoms with Crippen molar-refractivity contribution in [1.29, 1.82) is 0 Å². The number of halogens is 2. The van der Waals surface area contributed by atoms with E-state index in [1.54, 1.807) is 6.07 Å². The minimum atomic E-state index is -0.911. The van der Waals surface area contributed by atoms with Gasteiger partial charge in [-0.1, -0.05) is 17.7 Å². The van der Waals surface area contributed by atoms with Gasteiger partial charge < -0.3 is 15.3 Å². The maximum Gasteiger partial charge on any atom is 0.317 e. The predicted molar refractivity (Wildman–Crippen MR) is 73.1 cm³/mol. The van der Waals surface area contributed by atoms with E-state index < -0.39 is 17.8 Å². The Hall–Kier alpha value is -1.82. The Morgan fingerprint density at radius 1 is 1.45 bits per heavy atom. The Bertz CT molecular complexity index is 476. The summed E-state index contributed by atoms with van der Waals surface area (Å²) >= 11 is 5.88. The van der Waals surface area contributed by atoms with Crippen molar-refractivity contribution >= 4 is 23.6 Å². The second kappa shape index (κ2) is 7.69. The monoisotopic (exact) mass is 302 g/mol. The summed E-state index contributed by atoms with van der Waals surface area (Å²) in [4.78, 5) is 23.3. The van der Waals surface area contributed by atoms with Crippen molar-refractivity contribution in [2.45, 2.75) is 19.4 Å². The van der Waals surface area contributed by atoms with Crippen LogP contribution < -0.4 is 5.32 Å². The first kappa shape index (κ1) is 16.2. The van der Waals surface area contributed by atoms with E-state index in [9.17, 15) is 14.0 Å². The molecule has 0 atom stereocenters. The lowest BCUT2D eigenvalue weighted by Gasteiger charge is -2.19. The van der Waals surface area contributed by atoms with Crippen molar-refractivity contribution < 1.29 is 19.1 Å². The second-order valence-electron chi connectivity index (χ2n) is 4.29. The molecule has 0 saturated heterocycles.